The summed E-state index contributed by atoms with van der Waals surface area (Å²) >= 11 is 6.02. The maximum Gasteiger partial charge on any atom is 0.220 e. The fourth-order valence-electron chi connectivity index (χ4n) is 3.76. The van der Waals surface area contributed by atoms with Gasteiger partial charge >= 0.3 is 0 Å². The summed E-state index contributed by atoms with van der Waals surface area (Å²) < 4.78 is 33.1. The second-order valence-electron chi connectivity index (χ2n) is 7.93. The van der Waals surface area contributed by atoms with Gasteiger partial charge in [0.05, 0.1) is 11.6 Å². The summed E-state index contributed by atoms with van der Waals surface area (Å²) in [5, 5.41) is 3.44. The maximum absolute atomic E-state index is 14.3. The van der Waals surface area contributed by atoms with Crippen molar-refractivity contribution < 1.29 is 18.3 Å². The molecule has 1 unspecified atom stereocenters. The summed E-state index contributed by atoms with van der Waals surface area (Å²) in [7, 11) is 0. The molecule has 0 saturated heterocycles. The molecule has 1 N–H and O–H groups in total. The fourth-order valence-corrected chi connectivity index (χ4v) is 3.95. The lowest BCUT2D eigenvalue weighted by Gasteiger charge is -2.22. The van der Waals surface area contributed by atoms with E-state index in [0.717, 1.165) is 12.5 Å². The lowest BCUT2D eigenvalue weighted by molar-refractivity contribution is -0.121. The summed E-state index contributed by atoms with van der Waals surface area (Å²) in [6, 6.07) is 10.8. The van der Waals surface area contributed by atoms with Crippen LogP contribution in [0.1, 0.15) is 38.7 Å². The van der Waals surface area contributed by atoms with Crippen LogP contribution in [0, 0.1) is 17.0 Å². The molecule has 6 heteroatoms. The Morgan fingerprint density at radius 1 is 1.21 bits per heavy atom. The third kappa shape index (κ3) is 4.30. The Kier molecular flexibility index (Phi) is 5.94. The molecule has 150 valence electrons. The van der Waals surface area contributed by atoms with Crippen LogP contribution in [0.25, 0.3) is 0 Å². The van der Waals surface area contributed by atoms with E-state index in [4.69, 9.17) is 16.3 Å². The number of carbonyl (C=O) groups excluding carboxylic acids is 1. The molecule has 3 rings (SSSR count). The zero-order chi connectivity index (χ0) is 20.4. The average Bonchev–Trinajstić information content (AvgIpc) is 3.20. The van der Waals surface area contributed by atoms with Gasteiger partial charge in [-0.3, -0.25) is 4.79 Å². The Labute approximate surface area is 169 Å². The molecule has 0 spiro atoms. The number of rotatable bonds is 8. The van der Waals surface area contributed by atoms with Crippen molar-refractivity contribution in [2.75, 3.05) is 13.2 Å². The predicted octanol–water partition coefficient (Wildman–Crippen LogP) is 5.26. The van der Waals surface area contributed by atoms with Crippen LogP contribution >= 0.6 is 11.6 Å². The van der Waals surface area contributed by atoms with Gasteiger partial charge in [0.2, 0.25) is 5.91 Å². The lowest BCUT2D eigenvalue weighted by Crippen LogP contribution is -2.35. The molecule has 1 aliphatic rings. The molecule has 0 heterocycles. The van der Waals surface area contributed by atoms with Crippen LogP contribution in [-0.4, -0.2) is 19.1 Å². The van der Waals surface area contributed by atoms with E-state index in [1.807, 2.05) is 26.0 Å². The van der Waals surface area contributed by atoms with Crippen molar-refractivity contribution in [3.8, 4) is 5.75 Å². The molecule has 1 aliphatic carbocycles. The molecule has 1 saturated carbocycles. The predicted molar refractivity (Wildman–Crippen MR) is 106 cm³/mol. The molecule has 2 aromatic rings. The van der Waals surface area contributed by atoms with Crippen molar-refractivity contribution in [2.24, 2.45) is 5.41 Å². The Balaban J connectivity index is 1.51. The van der Waals surface area contributed by atoms with Crippen molar-refractivity contribution >= 4 is 17.5 Å². The molecular formula is C22H24ClF2NO2. The molecule has 1 atom stereocenters. The standard InChI is InChI=1S/C22H24ClF2NO2/c1-21(2)13-22(21,16-10-9-15(24)12-18(16)25)14-26-20(27)8-5-11-28-19-7-4-3-6-17(19)23/h3-4,6-7,9-10,12H,5,8,11,13-14H2,1-2H3,(H,26,27). The van der Waals surface area contributed by atoms with E-state index in [2.05, 4.69) is 5.32 Å². The Hall–Kier alpha value is -2.14. The number of amides is 1. The van der Waals surface area contributed by atoms with Crippen LogP contribution in [0.5, 0.6) is 5.75 Å². The van der Waals surface area contributed by atoms with Crippen molar-refractivity contribution in [1.29, 1.82) is 0 Å². The molecule has 1 amide bonds. The van der Waals surface area contributed by atoms with Gasteiger partial charge in [-0.05, 0) is 42.0 Å². The highest BCUT2D eigenvalue weighted by molar-refractivity contribution is 6.32. The Bertz CT molecular complexity index is 871. The molecule has 3 nitrogen and oxygen atoms in total. The fraction of sp³-hybridized carbons (Fsp3) is 0.409. The number of hydrogen-bond acceptors (Lipinski definition) is 2. The summed E-state index contributed by atoms with van der Waals surface area (Å²) in [6.45, 7) is 4.76. The van der Waals surface area contributed by atoms with Crippen LogP contribution in [0.2, 0.25) is 5.02 Å². The van der Waals surface area contributed by atoms with E-state index in [9.17, 15) is 13.6 Å². The molecular weight excluding hydrogens is 384 g/mol. The van der Waals surface area contributed by atoms with Crippen molar-refractivity contribution in [2.45, 2.75) is 38.5 Å². The number of halogens is 3. The van der Waals surface area contributed by atoms with Crippen LogP contribution in [0.4, 0.5) is 8.78 Å². The lowest BCUT2D eigenvalue weighted by atomic mass is 9.87. The quantitative estimate of drug-likeness (QED) is 0.606. The van der Waals surface area contributed by atoms with Gasteiger partial charge in [0.25, 0.3) is 0 Å². The van der Waals surface area contributed by atoms with E-state index in [1.165, 1.54) is 12.1 Å². The minimum atomic E-state index is -0.600. The molecule has 0 aliphatic heterocycles. The third-order valence-electron chi connectivity index (χ3n) is 5.59. The number of hydrogen-bond donors (Lipinski definition) is 1. The van der Waals surface area contributed by atoms with E-state index >= 15 is 0 Å². The van der Waals surface area contributed by atoms with E-state index in [0.29, 0.717) is 42.3 Å². The maximum atomic E-state index is 14.3. The smallest absolute Gasteiger partial charge is 0.220 e. The van der Waals surface area contributed by atoms with Gasteiger partial charge < -0.3 is 10.1 Å². The van der Waals surface area contributed by atoms with Crippen LogP contribution in [0.15, 0.2) is 42.5 Å². The first-order valence-corrected chi connectivity index (χ1v) is 9.72. The molecule has 28 heavy (non-hydrogen) atoms. The summed E-state index contributed by atoms with van der Waals surface area (Å²) in [4.78, 5) is 12.2. The third-order valence-corrected chi connectivity index (χ3v) is 5.90. The Morgan fingerprint density at radius 3 is 2.57 bits per heavy atom. The van der Waals surface area contributed by atoms with E-state index < -0.39 is 17.0 Å². The van der Waals surface area contributed by atoms with Gasteiger partial charge in [0.15, 0.2) is 0 Å². The van der Waals surface area contributed by atoms with Crippen LogP contribution in [0.3, 0.4) is 0 Å². The molecule has 0 aromatic heterocycles. The number of benzene rings is 2. The highest BCUT2D eigenvalue weighted by atomic mass is 35.5. The van der Waals surface area contributed by atoms with E-state index in [-0.39, 0.29) is 11.3 Å². The van der Waals surface area contributed by atoms with Crippen molar-refractivity contribution in [3.63, 3.8) is 0 Å². The number of carbonyl (C=O) groups is 1. The average molecular weight is 408 g/mol. The SMILES string of the molecule is CC1(C)CC1(CNC(=O)CCCOc1ccccc1Cl)c1ccc(F)cc1F. The first-order chi connectivity index (χ1) is 13.2. The zero-order valence-corrected chi connectivity index (χ0v) is 16.8. The second-order valence-corrected chi connectivity index (χ2v) is 8.33. The molecule has 2 aromatic carbocycles. The van der Waals surface area contributed by atoms with Gasteiger partial charge in [-0.25, -0.2) is 8.78 Å². The first kappa shape index (κ1) is 20.6. The van der Waals surface area contributed by atoms with Gasteiger partial charge in [-0.2, -0.15) is 0 Å². The number of para-hydroxylation sites is 1. The van der Waals surface area contributed by atoms with Crippen molar-refractivity contribution in [3.05, 3.63) is 64.7 Å². The minimum absolute atomic E-state index is 0.118. The molecule has 0 bridgehead atoms. The first-order valence-electron chi connectivity index (χ1n) is 9.35. The van der Waals surface area contributed by atoms with E-state index in [1.54, 1.807) is 12.1 Å². The summed E-state index contributed by atoms with van der Waals surface area (Å²) in [5.41, 5.74) is -0.207. The van der Waals surface area contributed by atoms with Crippen LogP contribution in [-0.2, 0) is 10.2 Å². The van der Waals surface area contributed by atoms with Crippen LogP contribution < -0.4 is 10.1 Å². The topological polar surface area (TPSA) is 38.3 Å². The van der Waals surface area contributed by atoms with Crippen molar-refractivity contribution in [1.82, 2.24) is 5.32 Å². The summed E-state index contributed by atoms with van der Waals surface area (Å²) in [6.07, 6.45) is 1.57. The normalized spacial score (nSPS) is 19.9. The van der Waals surface area contributed by atoms with Gasteiger partial charge in [-0.1, -0.05) is 43.6 Å². The highest BCUT2D eigenvalue weighted by Crippen LogP contribution is 2.64. The summed E-state index contributed by atoms with van der Waals surface area (Å²) in [5.74, 6) is -0.687. The highest BCUT2D eigenvalue weighted by Gasteiger charge is 2.62. The zero-order valence-electron chi connectivity index (χ0n) is 16.0. The monoisotopic (exact) mass is 407 g/mol. The largest absolute Gasteiger partial charge is 0.492 e. The molecule has 0 radical (unpaired) electrons. The second kappa shape index (κ2) is 8.08. The van der Waals surface area contributed by atoms with Gasteiger partial charge in [-0.15, -0.1) is 0 Å². The molecule has 1 fully saturated rings. The Morgan fingerprint density at radius 2 is 1.93 bits per heavy atom. The number of nitrogens with one attached hydrogen (secondary N) is 1. The number of ether oxygens (including phenoxy) is 1. The van der Waals surface area contributed by atoms with Gasteiger partial charge in [0.1, 0.15) is 17.4 Å². The van der Waals surface area contributed by atoms with Gasteiger partial charge in [0, 0.05) is 24.4 Å². The minimum Gasteiger partial charge on any atom is -0.492 e.